The van der Waals surface area contributed by atoms with Crippen molar-refractivity contribution in [2.45, 2.75) is 32.2 Å². The van der Waals surface area contributed by atoms with Crippen molar-refractivity contribution in [3.63, 3.8) is 0 Å². The maximum Gasteiger partial charge on any atom is 0.0329 e. The zero-order valence-corrected chi connectivity index (χ0v) is 7.99. The smallest absolute Gasteiger partial charge is 0.0329 e. The number of thioether (sulfide) groups is 1. The fraction of sp³-hybridized carbons (Fsp3) is 1.00. The van der Waals surface area contributed by atoms with Crippen molar-refractivity contribution in [1.82, 2.24) is 5.43 Å². The van der Waals surface area contributed by atoms with Crippen LogP contribution >= 0.6 is 11.8 Å². The van der Waals surface area contributed by atoms with E-state index in [-0.39, 0.29) is 0 Å². The largest absolute Gasteiger partial charge is 0.271 e. The highest BCUT2D eigenvalue weighted by Gasteiger charge is 2.29. The van der Waals surface area contributed by atoms with Crippen LogP contribution in [0.2, 0.25) is 0 Å². The molecule has 0 amide bonds. The average molecular weight is 174 g/mol. The van der Waals surface area contributed by atoms with Crippen LogP contribution in [-0.2, 0) is 0 Å². The molecule has 0 saturated heterocycles. The lowest BCUT2D eigenvalue weighted by Gasteiger charge is -2.13. The first-order valence-corrected chi connectivity index (χ1v) is 5.57. The predicted molar refractivity (Wildman–Crippen MR) is 51.5 cm³/mol. The van der Waals surface area contributed by atoms with Crippen molar-refractivity contribution in [1.29, 1.82) is 0 Å². The van der Waals surface area contributed by atoms with Gasteiger partial charge in [0.1, 0.15) is 0 Å². The van der Waals surface area contributed by atoms with Gasteiger partial charge < -0.3 is 0 Å². The van der Waals surface area contributed by atoms with Gasteiger partial charge in [-0.3, -0.25) is 11.3 Å². The van der Waals surface area contributed by atoms with Crippen LogP contribution in [0.15, 0.2) is 0 Å². The minimum Gasteiger partial charge on any atom is -0.271 e. The Bertz CT molecular complexity index is 104. The fourth-order valence-corrected chi connectivity index (χ4v) is 2.25. The quantitative estimate of drug-likeness (QED) is 0.363. The molecule has 1 unspecified atom stereocenters. The molecule has 0 spiro atoms. The third-order valence-electron chi connectivity index (χ3n) is 2.05. The van der Waals surface area contributed by atoms with Gasteiger partial charge in [-0.1, -0.05) is 6.92 Å². The number of hydrogen-bond donors (Lipinski definition) is 2. The molecule has 1 atom stereocenters. The van der Waals surface area contributed by atoms with Gasteiger partial charge in [0.15, 0.2) is 0 Å². The van der Waals surface area contributed by atoms with E-state index in [0.29, 0.717) is 6.04 Å². The molecular weight excluding hydrogens is 156 g/mol. The van der Waals surface area contributed by atoms with Gasteiger partial charge in [0.2, 0.25) is 0 Å². The molecule has 66 valence electrons. The number of hydrogen-bond acceptors (Lipinski definition) is 3. The van der Waals surface area contributed by atoms with E-state index < -0.39 is 0 Å². The van der Waals surface area contributed by atoms with Crippen LogP contribution in [0.25, 0.3) is 0 Å². The van der Waals surface area contributed by atoms with Crippen LogP contribution in [-0.4, -0.2) is 17.5 Å². The number of nitrogens with two attached hydrogens (primary N) is 1. The Kier molecular flexibility index (Phi) is 4.26. The van der Waals surface area contributed by atoms with Crippen molar-refractivity contribution >= 4 is 11.8 Å². The standard InChI is InChI=1S/C8H18N2S/c1-2-5-11-6-8(10-9)7-3-4-7/h7-8,10H,2-6,9H2,1H3. The highest BCUT2D eigenvalue weighted by molar-refractivity contribution is 7.99. The molecule has 3 heteroatoms. The maximum atomic E-state index is 5.43. The zero-order valence-electron chi connectivity index (χ0n) is 7.18. The van der Waals surface area contributed by atoms with Crippen LogP contribution in [0.5, 0.6) is 0 Å². The molecule has 1 aliphatic rings. The van der Waals surface area contributed by atoms with Crippen molar-refractivity contribution in [3.8, 4) is 0 Å². The Morgan fingerprint density at radius 2 is 2.36 bits per heavy atom. The molecule has 0 aromatic carbocycles. The van der Waals surface area contributed by atoms with Gasteiger partial charge in [0.05, 0.1) is 0 Å². The summed E-state index contributed by atoms with van der Waals surface area (Å²) in [6, 6.07) is 0.576. The van der Waals surface area contributed by atoms with Crippen LogP contribution < -0.4 is 11.3 Å². The summed E-state index contributed by atoms with van der Waals surface area (Å²) in [5.41, 5.74) is 2.90. The number of hydrazine groups is 1. The van der Waals surface area contributed by atoms with Gasteiger partial charge in [-0.25, -0.2) is 0 Å². The van der Waals surface area contributed by atoms with Crippen LogP contribution in [0, 0.1) is 5.92 Å². The normalized spacial score (nSPS) is 20.2. The Morgan fingerprint density at radius 1 is 1.64 bits per heavy atom. The summed E-state index contributed by atoms with van der Waals surface area (Å²) in [4.78, 5) is 0. The molecule has 0 aromatic heterocycles. The molecule has 0 heterocycles. The topological polar surface area (TPSA) is 38.0 Å². The van der Waals surface area contributed by atoms with Gasteiger partial charge in [0.25, 0.3) is 0 Å². The predicted octanol–water partition coefficient (Wildman–Crippen LogP) is 1.37. The molecule has 0 bridgehead atoms. The number of nitrogens with one attached hydrogen (secondary N) is 1. The molecule has 1 fully saturated rings. The van der Waals surface area contributed by atoms with E-state index in [2.05, 4.69) is 12.3 Å². The van der Waals surface area contributed by atoms with E-state index in [0.717, 1.165) is 5.92 Å². The first-order chi connectivity index (χ1) is 5.38. The van der Waals surface area contributed by atoms with E-state index in [9.17, 15) is 0 Å². The van der Waals surface area contributed by atoms with Gasteiger partial charge in [0, 0.05) is 11.8 Å². The van der Waals surface area contributed by atoms with E-state index in [4.69, 9.17) is 5.84 Å². The molecule has 1 rings (SSSR count). The molecule has 1 saturated carbocycles. The lowest BCUT2D eigenvalue weighted by atomic mass is 10.2. The summed E-state index contributed by atoms with van der Waals surface area (Å²) >= 11 is 2.01. The molecule has 1 aliphatic carbocycles. The minimum absolute atomic E-state index is 0.576. The summed E-state index contributed by atoms with van der Waals surface area (Å²) < 4.78 is 0. The van der Waals surface area contributed by atoms with Gasteiger partial charge in [-0.15, -0.1) is 0 Å². The lowest BCUT2D eigenvalue weighted by Crippen LogP contribution is -2.38. The zero-order chi connectivity index (χ0) is 8.10. The molecule has 0 aliphatic heterocycles. The second-order valence-electron chi connectivity index (χ2n) is 3.19. The summed E-state index contributed by atoms with van der Waals surface area (Å²) in [5, 5.41) is 0. The van der Waals surface area contributed by atoms with Crippen molar-refractivity contribution in [2.24, 2.45) is 11.8 Å². The Morgan fingerprint density at radius 3 is 2.82 bits per heavy atom. The van der Waals surface area contributed by atoms with E-state index in [1.807, 2.05) is 11.8 Å². The molecule has 2 nitrogen and oxygen atoms in total. The summed E-state index contributed by atoms with van der Waals surface area (Å²) in [6.45, 7) is 2.22. The first kappa shape index (κ1) is 9.36. The molecule has 3 N–H and O–H groups in total. The second kappa shape index (κ2) is 5.01. The molecule has 0 radical (unpaired) electrons. The Labute approximate surface area is 73.3 Å². The van der Waals surface area contributed by atoms with E-state index >= 15 is 0 Å². The number of rotatable bonds is 6. The van der Waals surface area contributed by atoms with Gasteiger partial charge in [-0.2, -0.15) is 11.8 Å². The summed E-state index contributed by atoms with van der Waals surface area (Å²) in [7, 11) is 0. The van der Waals surface area contributed by atoms with Crippen LogP contribution in [0.4, 0.5) is 0 Å². The SMILES string of the molecule is CCCSCC(NN)C1CC1. The van der Waals surface area contributed by atoms with Crippen LogP contribution in [0.1, 0.15) is 26.2 Å². The van der Waals surface area contributed by atoms with Crippen molar-refractivity contribution in [3.05, 3.63) is 0 Å². The van der Waals surface area contributed by atoms with Crippen LogP contribution in [0.3, 0.4) is 0 Å². The summed E-state index contributed by atoms with van der Waals surface area (Å²) in [6.07, 6.45) is 4.02. The average Bonchev–Trinajstić information content (AvgIpc) is 2.81. The monoisotopic (exact) mass is 174 g/mol. The third kappa shape index (κ3) is 3.45. The third-order valence-corrected chi connectivity index (χ3v) is 3.34. The lowest BCUT2D eigenvalue weighted by molar-refractivity contribution is 0.520. The molecule has 11 heavy (non-hydrogen) atoms. The Hall–Kier alpha value is 0.270. The van der Waals surface area contributed by atoms with Crippen molar-refractivity contribution < 1.29 is 0 Å². The van der Waals surface area contributed by atoms with Crippen molar-refractivity contribution in [2.75, 3.05) is 11.5 Å². The van der Waals surface area contributed by atoms with E-state index in [1.54, 1.807) is 0 Å². The summed E-state index contributed by atoms with van der Waals surface area (Å²) in [5.74, 6) is 8.77. The highest BCUT2D eigenvalue weighted by Crippen LogP contribution is 2.33. The molecule has 0 aromatic rings. The van der Waals surface area contributed by atoms with Gasteiger partial charge >= 0.3 is 0 Å². The highest BCUT2D eigenvalue weighted by atomic mass is 32.2. The maximum absolute atomic E-state index is 5.43. The Balaban J connectivity index is 2.01. The first-order valence-electron chi connectivity index (χ1n) is 4.42. The second-order valence-corrected chi connectivity index (χ2v) is 4.34. The van der Waals surface area contributed by atoms with Gasteiger partial charge in [-0.05, 0) is 30.9 Å². The van der Waals surface area contributed by atoms with E-state index in [1.165, 1.54) is 30.8 Å². The molecular formula is C8H18N2S. The fourth-order valence-electron chi connectivity index (χ4n) is 1.17. The minimum atomic E-state index is 0.576.